The molecule has 0 amide bonds. The first-order valence-corrected chi connectivity index (χ1v) is 10.0. The van der Waals surface area contributed by atoms with Crippen LogP contribution in [-0.2, 0) is 12.3 Å². The minimum atomic E-state index is -0.666. The van der Waals surface area contributed by atoms with Crippen LogP contribution in [0.1, 0.15) is 12.7 Å². The molecule has 0 aliphatic heterocycles. The average Bonchev–Trinajstić information content (AvgIpc) is 3.32. The molecule has 0 N–H and O–H groups in total. The van der Waals surface area contributed by atoms with E-state index in [1.807, 2.05) is 13.0 Å². The van der Waals surface area contributed by atoms with Gasteiger partial charge in [-0.05, 0) is 37.3 Å². The van der Waals surface area contributed by atoms with Crippen LogP contribution in [0.15, 0.2) is 52.1 Å². The molecule has 4 aromatic rings. The maximum atomic E-state index is 13.6. The van der Waals surface area contributed by atoms with Crippen molar-refractivity contribution in [2.24, 2.45) is 0 Å². The van der Waals surface area contributed by atoms with Crippen molar-refractivity contribution in [1.29, 1.82) is 0 Å². The number of hydrogen-bond acceptors (Lipinski definition) is 6. The van der Waals surface area contributed by atoms with Gasteiger partial charge in [0.05, 0.1) is 5.75 Å². The Morgan fingerprint density at radius 3 is 2.59 bits per heavy atom. The lowest BCUT2D eigenvalue weighted by molar-refractivity contribution is 0.425. The highest BCUT2D eigenvalue weighted by Gasteiger charge is 2.16. The van der Waals surface area contributed by atoms with Gasteiger partial charge in [0.1, 0.15) is 11.6 Å². The van der Waals surface area contributed by atoms with E-state index in [9.17, 15) is 8.78 Å². The first kappa shape index (κ1) is 19.5. The molecule has 0 saturated heterocycles. The largest absolute Gasteiger partial charge is 0.334 e. The summed E-state index contributed by atoms with van der Waals surface area (Å²) in [5, 5.41) is 13.4. The van der Waals surface area contributed by atoms with Crippen LogP contribution < -0.4 is 0 Å². The normalized spacial score (nSPS) is 11.2. The molecule has 2 heterocycles. The second-order valence-electron chi connectivity index (χ2n) is 6.02. The summed E-state index contributed by atoms with van der Waals surface area (Å²) in [4.78, 5) is 4.37. The van der Waals surface area contributed by atoms with Crippen LogP contribution in [0.25, 0.3) is 22.8 Å². The summed E-state index contributed by atoms with van der Waals surface area (Å²) >= 11 is 7.34. The fraction of sp³-hybridized carbons (Fsp3) is 0.158. The Kier molecular flexibility index (Phi) is 5.59. The third-order valence-corrected chi connectivity index (χ3v) is 5.22. The van der Waals surface area contributed by atoms with Crippen LogP contribution in [0, 0.1) is 11.6 Å². The van der Waals surface area contributed by atoms with Gasteiger partial charge in [-0.15, -0.1) is 10.2 Å². The van der Waals surface area contributed by atoms with Gasteiger partial charge in [-0.2, -0.15) is 4.98 Å². The zero-order valence-electron chi connectivity index (χ0n) is 15.1. The molecule has 2 aromatic heterocycles. The molecule has 6 nitrogen and oxygen atoms in total. The number of benzene rings is 2. The average molecular weight is 434 g/mol. The van der Waals surface area contributed by atoms with Crippen molar-refractivity contribution in [3.8, 4) is 22.8 Å². The zero-order valence-corrected chi connectivity index (χ0v) is 16.7. The lowest BCUT2D eigenvalue weighted by Gasteiger charge is -2.07. The summed E-state index contributed by atoms with van der Waals surface area (Å²) < 4.78 is 34.2. The molecular weight excluding hydrogens is 420 g/mol. The van der Waals surface area contributed by atoms with Crippen molar-refractivity contribution >= 4 is 23.4 Å². The molecule has 0 fully saturated rings. The minimum absolute atomic E-state index is 0.325. The van der Waals surface area contributed by atoms with Gasteiger partial charge in [0, 0.05) is 28.8 Å². The molecular formula is C19H14ClF2N5OS. The van der Waals surface area contributed by atoms with E-state index in [1.165, 1.54) is 23.9 Å². The third kappa shape index (κ3) is 4.30. The van der Waals surface area contributed by atoms with E-state index < -0.39 is 11.6 Å². The van der Waals surface area contributed by atoms with Crippen molar-refractivity contribution in [3.05, 3.63) is 64.9 Å². The van der Waals surface area contributed by atoms with E-state index >= 15 is 0 Å². The van der Waals surface area contributed by atoms with Crippen LogP contribution >= 0.6 is 23.4 Å². The third-order valence-electron chi connectivity index (χ3n) is 4.02. The summed E-state index contributed by atoms with van der Waals surface area (Å²) in [7, 11) is 0. The smallest absolute Gasteiger partial charge is 0.258 e. The van der Waals surface area contributed by atoms with E-state index in [1.54, 1.807) is 22.8 Å². The second kappa shape index (κ2) is 8.30. The Morgan fingerprint density at radius 1 is 1.07 bits per heavy atom. The maximum absolute atomic E-state index is 13.6. The van der Waals surface area contributed by atoms with E-state index in [0.717, 1.165) is 11.6 Å². The summed E-state index contributed by atoms with van der Waals surface area (Å²) in [5.41, 5.74) is 1.06. The molecule has 29 heavy (non-hydrogen) atoms. The fourth-order valence-electron chi connectivity index (χ4n) is 2.76. The quantitative estimate of drug-likeness (QED) is 0.387. The zero-order chi connectivity index (χ0) is 20.4. The summed E-state index contributed by atoms with van der Waals surface area (Å²) in [6.45, 7) is 2.43. The highest BCUT2D eigenvalue weighted by molar-refractivity contribution is 7.98. The first-order chi connectivity index (χ1) is 14.0. The van der Waals surface area contributed by atoms with Gasteiger partial charge in [0.2, 0.25) is 0 Å². The SMILES string of the molecule is CCn1c(SCc2noc(-c3cccc(Cl)c3)n2)nnc1-c1cc(F)cc(F)c1. The highest BCUT2D eigenvalue weighted by atomic mass is 35.5. The number of aromatic nitrogens is 5. The van der Waals surface area contributed by atoms with Gasteiger partial charge >= 0.3 is 0 Å². The summed E-state index contributed by atoms with van der Waals surface area (Å²) in [6.07, 6.45) is 0. The van der Waals surface area contributed by atoms with E-state index in [-0.39, 0.29) is 0 Å². The molecule has 0 atom stereocenters. The predicted octanol–water partition coefficient (Wildman–Crippen LogP) is 5.24. The van der Waals surface area contributed by atoms with Gasteiger partial charge < -0.3 is 9.09 Å². The van der Waals surface area contributed by atoms with Gasteiger partial charge in [0.15, 0.2) is 16.8 Å². The molecule has 0 aliphatic rings. The van der Waals surface area contributed by atoms with E-state index in [4.69, 9.17) is 16.1 Å². The van der Waals surface area contributed by atoms with Crippen molar-refractivity contribution in [2.75, 3.05) is 0 Å². The molecule has 0 spiro atoms. The predicted molar refractivity (Wildman–Crippen MR) is 105 cm³/mol. The van der Waals surface area contributed by atoms with E-state index in [2.05, 4.69) is 20.3 Å². The topological polar surface area (TPSA) is 69.6 Å². The van der Waals surface area contributed by atoms with Gasteiger partial charge in [-0.25, -0.2) is 8.78 Å². The van der Waals surface area contributed by atoms with Crippen molar-refractivity contribution in [1.82, 2.24) is 24.9 Å². The number of hydrogen-bond donors (Lipinski definition) is 0. The Hall–Kier alpha value is -2.78. The molecule has 0 radical (unpaired) electrons. The molecule has 0 saturated carbocycles. The van der Waals surface area contributed by atoms with Crippen LogP contribution in [0.5, 0.6) is 0 Å². The molecule has 2 aromatic carbocycles. The minimum Gasteiger partial charge on any atom is -0.334 e. The fourth-order valence-corrected chi connectivity index (χ4v) is 3.79. The Bertz CT molecular complexity index is 1140. The molecule has 4 rings (SSSR count). The Labute approximate surface area is 173 Å². The lowest BCUT2D eigenvalue weighted by Crippen LogP contribution is -2.00. The standard InChI is InChI=1S/C19H14ClF2N5OS/c1-2-27-17(12-7-14(21)9-15(22)8-12)24-25-19(27)29-10-16-23-18(28-26-16)11-4-3-5-13(20)6-11/h3-9H,2,10H2,1H3. The lowest BCUT2D eigenvalue weighted by atomic mass is 10.2. The van der Waals surface area contributed by atoms with Crippen LogP contribution in [0.2, 0.25) is 5.02 Å². The van der Waals surface area contributed by atoms with Gasteiger partial charge in [0.25, 0.3) is 5.89 Å². The highest BCUT2D eigenvalue weighted by Crippen LogP contribution is 2.28. The first-order valence-electron chi connectivity index (χ1n) is 8.64. The molecule has 148 valence electrons. The van der Waals surface area contributed by atoms with Crippen LogP contribution in [-0.4, -0.2) is 24.9 Å². The Morgan fingerprint density at radius 2 is 1.86 bits per heavy atom. The molecule has 0 bridgehead atoms. The van der Waals surface area contributed by atoms with Gasteiger partial charge in [-0.1, -0.05) is 34.6 Å². The number of rotatable bonds is 6. The number of thioether (sulfide) groups is 1. The van der Waals surface area contributed by atoms with E-state index in [0.29, 0.717) is 45.6 Å². The van der Waals surface area contributed by atoms with Crippen molar-refractivity contribution in [3.63, 3.8) is 0 Å². The number of nitrogens with zero attached hydrogens (tertiary/aromatic N) is 5. The summed E-state index contributed by atoms with van der Waals surface area (Å²) in [5.74, 6) is 0.297. The molecule has 10 heteroatoms. The van der Waals surface area contributed by atoms with Crippen molar-refractivity contribution in [2.45, 2.75) is 24.4 Å². The molecule has 0 aliphatic carbocycles. The summed E-state index contributed by atoms with van der Waals surface area (Å²) in [6, 6.07) is 10.4. The second-order valence-corrected chi connectivity index (χ2v) is 7.40. The monoisotopic (exact) mass is 433 g/mol. The molecule has 0 unspecified atom stereocenters. The van der Waals surface area contributed by atoms with Crippen molar-refractivity contribution < 1.29 is 13.3 Å². The number of halogens is 3. The van der Waals surface area contributed by atoms with Crippen LogP contribution in [0.3, 0.4) is 0 Å². The van der Waals surface area contributed by atoms with Crippen LogP contribution in [0.4, 0.5) is 8.78 Å². The Balaban J connectivity index is 1.53. The maximum Gasteiger partial charge on any atom is 0.258 e. The van der Waals surface area contributed by atoms with Gasteiger partial charge in [-0.3, -0.25) is 0 Å².